The first-order valence-electron chi connectivity index (χ1n) is 12.9. The Labute approximate surface area is 225 Å². The minimum absolute atomic E-state index is 0.0623. The molecule has 0 aliphatic carbocycles. The van der Waals surface area contributed by atoms with E-state index in [9.17, 15) is 18.0 Å². The molecule has 12 heteroatoms. The summed E-state index contributed by atoms with van der Waals surface area (Å²) in [6, 6.07) is 6.38. The van der Waals surface area contributed by atoms with Crippen molar-refractivity contribution in [3.05, 3.63) is 42.4 Å². The van der Waals surface area contributed by atoms with Gasteiger partial charge in [0, 0.05) is 19.3 Å². The minimum atomic E-state index is -3.70. The first-order valence-corrected chi connectivity index (χ1v) is 14.6. The number of imidazole rings is 1. The zero-order chi connectivity index (χ0) is 27.9. The third kappa shape index (κ3) is 7.12. The lowest BCUT2D eigenvalue weighted by Gasteiger charge is -2.34. The summed E-state index contributed by atoms with van der Waals surface area (Å²) in [5.41, 5.74) is -0.357. The predicted molar refractivity (Wildman–Crippen MR) is 146 cm³/mol. The van der Waals surface area contributed by atoms with E-state index in [0.29, 0.717) is 31.7 Å². The van der Waals surface area contributed by atoms with Gasteiger partial charge in [0.2, 0.25) is 15.9 Å². The molecule has 2 N–H and O–H groups in total. The summed E-state index contributed by atoms with van der Waals surface area (Å²) in [5, 5.41) is 2.74. The Morgan fingerprint density at radius 3 is 2.42 bits per heavy atom. The SMILES string of the molecule is CCCCC(NS(=O)(=O)CN(C)C)C(=O)Nc1cn(C(C)(C(=O)N2CCCC2)c2ccc(OC)cc2)cn1. The summed E-state index contributed by atoms with van der Waals surface area (Å²) in [6.45, 7) is 5.19. The van der Waals surface area contributed by atoms with Crippen LogP contribution in [0.1, 0.15) is 51.5 Å². The highest BCUT2D eigenvalue weighted by molar-refractivity contribution is 7.89. The summed E-state index contributed by atoms with van der Waals surface area (Å²) in [5.74, 6) is 0.127. The number of anilines is 1. The minimum Gasteiger partial charge on any atom is -0.497 e. The highest BCUT2D eigenvalue weighted by Gasteiger charge is 2.41. The molecule has 38 heavy (non-hydrogen) atoms. The van der Waals surface area contributed by atoms with Crippen LogP contribution in [0.5, 0.6) is 5.75 Å². The second-order valence-corrected chi connectivity index (χ2v) is 11.8. The molecule has 1 aliphatic rings. The Kier molecular flexibility index (Phi) is 9.91. The molecule has 1 aromatic carbocycles. The Balaban J connectivity index is 1.88. The topological polar surface area (TPSA) is 126 Å². The third-order valence-corrected chi connectivity index (χ3v) is 8.22. The smallest absolute Gasteiger partial charge is 0.253 e. The van der Waals surface area contributed by atoms with Crippen molar-refractivity contribution in [1.29, 1.82) is 0 Å². The fraction of sp³-hybridized carbons (Fsp3) is 0.577. The lowest BCUT2D eigenvalue weighted by Crippen LogP contribution is -2.48. The number of ether oxygens (including phenoxy) is 1. The standard InChI is InChI=1S/C26H40N6O5S/c1-6-7-10-22(29-38(35,36)19-30(3)4)24(33)28-23-17-32(18-27-23)26(2,25(34)31-15-8-9-16-31)20-11-13-21(37-5)14-12-20/h11-14,17-18,22,29H,6-10,15-16,19H2,1-5H3,(H,28,33). The van der Waals surface area contributed by atoms with Crippen LogP contribution in [0.25, 0.3) is 0 Å². The van der Waals surface area contributed by atoms with Crippen LogP contribution in [0.15, 0.2) is 36.8 Å². The van der Waals surface area contributed by atoms with Gasteiger partial charge in [-0.15, -0.1) is 0 Å². The number of carbonyl (C=O) groups excluding carboxylic acids is 2. The average molecular weight is 549 g/mol. The van der Waals surface area contributed by atoms with Crippen molar-refractivity contribution in [1.82, 2.24) is 24.1 Å². The fourth-order valence-electron chi connectivity index (χ4n) is 4.62. The van der Waals surface area contributed by atoms with E-state index < -0.39 is 27.5 Å². The summed E-state index contributed by atoms with van der Waals surface area (Å²) in [6.07, 6.45) is 6.89. The largest absolute Gasteiger partial charge is 0.497 e. The number of benzene rings is 1. The molecule has 0 saturated carbocycles. The van der Waals surface area contributed by atoms with E-state index in [1.165, 1.54) is 11.2 Å². The lowest BCUT2D eigenvalue weighted by molar-refractivity contribution is -0.137. The number of hydrogen-bond donors (Lipinski definition) is 2. The van der Waals surface area contributed by atoms with Crippen LogP contribution in [0.2, 0.25) is 0 Å². The highest BCUT2D eigenvalue weighted by atomic mass is 32.2. The monoisotopic (exact) mass is 548 g/mol. The molecule has 0 radical (unpaired) electrons. The summed E-state index contributed by atoms with van der Waals surface area (Å²) in [4.78, 5) is 34.7. The Hall–Kier alpha value is -2.96. The van der Waals surface area contributed by atoms with Gasteiger partial charge >= 0.3 is 0 Å². The van der Waals surface area contributed by atoms with Gasteiger partial charge in [-0.05, 0) is 58.0 Å². The molecular weight excluding hydrogens is 508 g/mol. The number of sulfonamides is 1. The predicted octanol–water partition coefficient (Wildman–Crippen LogP) is 2.21. The van der Waals surface area contributed by atoms with Crippen molar-refractivity contribution >= 4 is 27.7 Å². The number of nitrogens with one attached hydrogen (secondary N) is 2. The second-order valence-electron chi connectivity index (χ2n) is 10.1. The van der Waals surface area contributed by atoms with Gasteiger partial charge in [0.15, 0.2) is 5.82 Å². The van der Waals surface area contributed by atoms with Crippen molar-refractivity contribution in [2.45, 2.75) is 57.5 Å². The van der Waals surface area contributed by atoms with Crippen molar-refractivity contribution in [3.8, 4) is 5.75 Å². The third-order valence-electron chi connectivity index (χ3n) is 6.72. The number of amides is 2. The molecule has 3 rings (SSSR count). The average Bonchev–Trinajstić information content (AvgIpc) is 3.57. The number of aromatic nitrogens is 2. The number of unbranched alkanes of at least 4 members (excludes halogenated alkanes) is 1. The van der Waals surface area contributed by atoms with Gasteiger partial charge in [0.1, 0.15) is 23.2 Å². The molecule has 210 valence electrons. The Morgan fingerprint density at radius 1 is 1.18 bits per heavy atom. The molecule has 2 aromatic rings. The maximum atomic E-state index is 13.8. The highest BCUT2D eigenvalue weighted by Crippen LogP contribution is 2.32. The molecule has 0 bridgehead atoms. The first-order chi connectivity index (χ1) is 18.0. The number of methoxy groups -OCH3 is 1. The molecule has 2 atom stereocenters. The van der Waals surface area contributed by atoms with Crippen LogP contribution < -0.4 is 14.8 Å². The van der Waals surface area contributed by atoms with E-state index in [-0.39, 0.29) is 17.6 Å². The van der Waals surface area contributed by atoms with Crippen LogP contribution in [0, 0.1) is 0 Å². The Bertz CT molecular complexity index is 1190. The van der Waals surface area contributed by atoms with Gasteiger partial charge in [-0.25, -0.2) is 18.1 Å². The van der Waals surface area contributed by atoms with Gasteiger partial charge in [-0.3, -0.25) is 14.5 Å². The molecule has 1 fully saturated rings. The van der Waals surface area contributed by atoms with E-state index in [1.807, 2.05) is 43.0 Å². The van der Waals surface area contributed by atoms with E-state index >= 15 is 0 Å². The first kappa shape index (κ1) is 29.6. The van der Waals surface area contributed by atoms with E-state index in [0.717, 1.165) is 24.8 Å². The number of hydrogen-bond acceptors (Lipinski definition) is 7. The van der Waals surface area contributed by atoms with Crippen LogP contribution in [0.4, 0.5) is 5.82 Å². The summed E-state index contributed by atoms with van der Waals surface area (Å²) in [7, 11) is 1.18. The number of nitrogens with zero attached hydrogens (tertiary/aromatic N) is 4. The zero-order valence-corrected chi connectivity index (χ0v) is 23.8. The molecule has 0 spiro atoms. The Morgan fingerprint density at radius 2 is 1.84 bits per heavy atom. The molecule has 11 nitrogen and oxygen atoms in total. The van der Waals surface area contributed by atoms with E-state index in [2.05, 4.69) is 15.0 Å². The van der Waals surface area contributed by atoms with Crippen LogP contribution in [-0.4, -0.2) is 85.8 Å². The van der Waals surface area contributed by atoms with Crippen molar-refractivity contribution in [2.75, 3.05) is 45.5 Å². The quantitative estimate of drug-likeness (QED) is 0.393. The van der Waals surface area contributed by atoms with Crippen molar-refractivity contribution in [3.63, 3.8) is 0 Å². The molecule has 1 saturated heterocycles. The molecule has 2 amide bonds. The van der Waals surface area contributed by atoms with Gasteiger partial charge in [0.05, 0.1) is 13.4 Å². The van der Waals surface area contributed by atoms with Gasteiger partial charge in [-0.2, -0.15) is 0 Å². The number of carbonyl (C=O) groups is 2. The van der Waals surface area contributed by atoms with Crippen LogP contribution in [-0.2, 0) is 25.2 Å². The van der Waals surface area contributed by atoms with Gasteiger partial charge in [-0.1, -0.05) is 31.9 Å². The fourth-order valence-corrected chi connectivity index (χ4v) is 6.03. The second kappa shape index (κ2) is 12.7. The zero-order valence-electron chi connectivity index (χ0n) is 22.9. The molecule has 2 unspecified atom stereocenters. The van der Waals surface area contributed by atoms with E-state index in [1.54, 1.807) is 32.0 Å². The number of likely N-dealkylation sites (tertiary alicyclic amines) is 1. The molecule has 1 aliphatic heterocycles. The maximum Gasteiger partial charge on any atom is 0.253 e. The van der Waals surface area contributed by atoms with Crippen molar-refractivity contribution < 1.29 is 22.7 Å². The molecular formula is C26H40N6O5S. The normalized spacial score (nSPS) is 16.3. The molecule has 2 heterocycles. The van der Waals surface area contributed by atoms with Crippen LogP contribution in [0.3, 0.4) is 0 Å². The summed E-state index contributed by atoms with van der Waals surface area (Å²) < 4.78 is 34.5. The van der Waals surface area contributed by atoms with E-state index in [4.69, 9.17) is 4.74 Å². The maximum absolute atomic E-state index is 13.8. The van der Waals surface area contributed by atoms with Crippen LogP contribution >= 0.6 is 0 Å². The lowest BCUT2D eigenvalue weighted by atomic mass is 9.90. The molecule has 1 aromatic heterocycles. The van der Waals surface area contributed by atoms with Gasteiger partial charge < -0.3 is 19.5 Å². The van der Waals surface area contributed by atoms with Gasteiger partial charge in [0.25, 0.3) is 5.91 Å². The van der Waals surface area contributed by atoms with Crippen molar-refractivity contribution in [2.24, 2.45) is 0 Å². The number of rotatable bonds is 13. The summed E-state index contributed by atoms with van der Waals surface area (Å²) >= 11 is 0.